The fourth-order valence-corrected chi connectivity index (χ4v) is 0.876. The van der Waals surface area contributed by atoms with Gasteiger partial charge in [0.2, 0.25) is 0 Å². The van der Waals surface area contributed by atoms with E-state index in [1.807, 2.05) is 0 Å². The molecule has 0 spiro atoms. The average molecular weight is 226 g/mol. The minimum atomic E-state index is 0. The van der Waals surface area contributed by atoms with Crippen LogP contribution in [0.15, 0.2) is 17.7 Å². The van der Waals surface area contributed by atoms with Crippen molar-refractivity contribution in [3.05, 3.63) is 23.8 Å². The van der Waals surface area contributed by atoms with Gasteiger partial charge in [0.25, 0.3) is 0 Å². The van der Waals surface area contributed by atoms with Crippen molar-refractivity contribution in [1.29, 1.82) is 0 Å². The summed E-state index contributed by atoms with van der Waals surface area (Å²) >= 11 is 0. The molecule has 0 aromatic carbocycles. The summed E-state index contributed by atoms with van der Waals surface area (Å²) in [6, 6.07) is 0. The number of rotatable bonds is 1. The third kappa shape index (κ3) is 5.98. The van der Waals surface area contributed by atoms with Crippen LogP contribution in [0.4, 0.5) is 0 Å². The van der Waals surface area contributed by atoms with Crippen LogP contribution in [0, 0.1) is 12.0 Å². The zero-order valence-corrected chi connectivity index (χ0v) is 9.77. The normalized spacial score (nSPS) is 19.1. The predicted molar refractivity (Wildman–Crippen MR) is 35.4 cm³/mol. The number of allylic oxidation sites excluding steroid dienone is 4. The molecule has 0 amide bonds. The van der Waals surface area contributed by atoms with Gasteiger partial charge in [-0.05, 0) is 0 Å². The van der Waals surface area contributed by atoms with E-state index >= 15 is 0 Å². The largest absolute Gasteiger partial charge is 3.00 e. The van der Waals surface area contributed by atoms with Crippen LogP contribution in [0.3, 0.4) is 0 Å². The van der Waals surface area contributed by atoms with Gasteiger partial charge in [-0.3, -0.25) is 6.08 Å². The first-order valence-electron chi connectivity index (χ1n) is 3.13. The molecule has 0 N–H and O–H groups in total. The topological polar surface area (TPSA) is 0 Å². The SMILES string of the molecule is CCC1=CC(C)[C-]=C1.[Cl-].[Cl-].[Ti+3]. The standard InChI is InChI=1S/C8H11.2ClH.Ti/c1-3-8-5-4-7(2)6-8;;;/h5-7H,3H2,1-2H3;2*1H;/q-1;;;+3/p-2. The maximum Gasteiger partial charge on any atom is 3.00 e. The summed E-state index contributed by atoms with van der Waals surface area (Å²) in [5, 5.41) is 0. The number of hydrogen-bond acceptors (Lipinski definition) is 0. The van der Waals surface area contributed by atoms with E-state index in [1.54, 1.807) is 0 Å². The average Bonchev–Trinajstić information content (AvgIpc) is 2.14. The zero-order valence-electron chi connectivity index (χ0n) is 6.70. The first-order valence-corrected chi connectivity index (χ1v) is 3.13. The van der Waals surface area contributed by atoms with Crippen molar-refractivity contribution >= 4 is 0 Å². The van der Waals surface area contributed by atoms with Gasteiger partial charge in [0.1, 0.15) is 0 Å². The van der Waals surface area contributed by atoms with Crippen molar-refractivity contribution in [3.63, 3.8) is 0 Å². The molecule has 0 aliphatic heterocycles. The molecule has 3 heteroatoms. The van der Waals surface area contributed by atoms with Crippen molar-refractivity contribution in [2.75, 3.05) is 0 Å². The van der Waals surface area contributed by atoms with E-state index in [0.29, 0.717) is 5.92 Å². The van der Waals surface area contributed by atoms with Crippen LogP contribution in [-0.2, 0) is 21.7 Å². The minimum absolute atomic E-state index is 0. The molecule has 0 bridgehead atoms. The van der Waals surface area contributed by atoms with Gasteiger partial charge in [-0.1, -0.05) is 26.2 Å². The molecule has 1 atom stereocenters. The summed E-state index contributed by atoms with van der Waals surface area (Å²) < 4.78 is 0. The van der Waals surface area contributed by atoms with E-state index in [2.05, 4.69) is 32.1 Å². The monoisotopic (exact) mass is 225 g/mol. The maximum atomic E-state index is 3.20. The molecule has 0 fully saturated rings. The van der Waals surface area contributed by atoms with Gasteiger partial charge in [-0.15, -0.1) is 0 Å². The van der Waals surface area contributed by atoms with E-state index in [-0.39, 0.29) is 46.5 Å². The Morgan fingerprint density at radius 3 is 2.18 bits per heavy atom. The molecule has 0 nitrogen and oxygen atoms in total. The summed E-state index contributed by atoms with van der Waals surface area (Å²) in [5.41, 5.74) is 1.43. The van der Waals surface area contributed by atoms with Gasteiger partial charge in [0.15, 0.2) is 0 Å². The third-order valence-electron chi connectivity index (χ3n) is 1.40. The molecule has 1 aliphatic carbocycles. The van der Waals surface area contributed by atoms with Crippen molar-refractivity contribution in [3.8, 4) is 0 Å². The van der Waals surface area contributed by atoms with Crippen molar-refractivity contribution in [1.82, 2.24) is 0 Å². The Balaban J connectivity index is -0.000000213. The van der Waals surface area contributed by atoms with E-state index < -0.39 is 0 Å². The quantitative estimate of drug-likeness (QED) is 0.319. The molecule has 1 aliphatic rings. The number of hydrogen-bond donors (Lipinski definition) is 0. The summed E-state index contributed by atoms with van der Waals surface area (Å²) in [6.45, 7) is 4.32. The van der Waals surface area contributed by atoms with Crippen LogP contribution in [-0.4, -0.2) is 0 Å². The van der Waals surface area contributed by atoms with E-state index in [4.69, 9.17) is 0 Å². The Labute approximate surface area is 96.2 Å². The van der Waals surface area contributed by atoms with Crippen LogP contribution in [0.1, 0.15) is 20.3 Å². The van der Waals surface area contributed by atoms with Gasteiger partial charge >= 0.3 is 21.7 Å². The molecule has 0 heterocycles. The van der Waals surface area contributed by atoms with Crippen LogP contribution in [0.25, 0.3) is 0 Å². The first-order chi connectivity index (χ1) is 3.83. The summed E-state index contributed by atoms with van der Waals surface area (Å²) in [6.07, 6.45) is 8.69. The van der Waals surface area contributed by atoms with Crippen molar-refractivity contribution < 1.29 is 46.5 Å². The molecule has 0 aromatic rings. The molecule has 1 rings (SSSR count). The van der Waals surface area contributed by atoms with Gasteiger partial charge in [0.05, 0.1) is 0 Å². The van der Waals surface area contributed by atoms with Crippen molar-refractivity contribution in [2.24, 2.45) is 5.92 Å². The van der Waals surface area contributed by atoms with Gasteiger partial charge in [-0.25, -0.2) is 11.6 Å². The first kappa shape index (κ1) is 17.8. The Hall–Kier alpha value is 0.774. The predicted octanol–water partition coefficient (Wildman–Crippen LogP) is -3.66. The van der Waals surface area contributed by atoms with Gasteiger partial charge < -0.3 is 24.8 Å². The third-order valence-corrected chi connectivity index (χ3v) is 1.40. The van der Waals surface area contributed by atoms with Crippen LogP contribution in [0.5, 0.6) is 0 Å². The Bertz CT molecular complexity index is 141. The molecule has 0 saturated carbocycles. The smallest absolute Gasteiger partial charge is 1.00 e. The molecule has 1 radical (unpaired) electrons. The zero-order chi connectivity index (χ0) is 5.98. The fourth-order valence-electron chi connectivity index (χ4n) is 0.876. The second-order valence-corrected chi connectivity index (χ2v) is 2.19. The van der Waals surface area contributed by atoms with Crippen LogP contribution >= 0.6 is 0 Å². The molecule has 0 saturated heterocycles. The Morgan fingerprint density at radius 2 is 2.00 bits per heavy atom. The Morgan fingerprint density at radius 1 is 1.45 bits per heavy atom. The molecule has 1 unspecified atom stereocenters. The van der Waals surface area contributed by atoms with Gasteiger partial charge in [-0.2, -0.15) is 6.08 Å². The second-order valence-electron chi connectivity index (χ2n) is 2.19. The van der Waals surface area contributed by atoms with E-state index in [0.717, 1.165) is 6.42 Å². The fraction of sp³-hybridized carbons (Fsp3) is 0.500. The van der Waals surface area contributed by atoms with E-state index in [9.17, 15) is 0 Å². The summed E-state index contributed by atoms with van der Waals surface area (Å²) in [4.78, 5) is 0. The van der Waals surface area contributed by atoms with Crippen LogP contribution < -0.4 is 24.8 Å². The van der Waals surface area contributed by atoms with Crippen molar-refractivity contribution in [2.45, 2.75) is 20.3 Å². The number of halogens is 2. The van der Waals surface area contributed by atoms with Crippen LogP contribution in [0.2, 0.25) is 0 Å². The van der Waals surface area contributed by atoms with E-state index in [1.165, 1.54) is 5.57 Å². The Kier molecular flexibility index (Phi) is 14.3. The molecular formula is C8H11Cl2Ti. The summed E-state index contributed by atoms with van der Waals surface area (Å²) in [5.74, 6) is 0.560. The molecule has 0 aromatic heterocycles. The maximum absolute atomic E-state index is 3.20. The molecule has 11 heavy (non-hydrogen) atoms. The van der Waals surface area contributed by atoms with Gasteiger partial charge in [0, 0.05) is 0 Å². The molecular weight excluding hydrogens is 215 g/mol. The minimum Gasteiger partial charge on any atom is -1.00 e. The summed E-state index contributed by atoms with van der Waals surface area (Å²) in [7, 11) is 0. The molecule has 61 valence electrons. The second kappa shape index (κ2) is 8.87.